The highest BCUT2D eigenvalue weighted by Crippen LogP contribution is 2.47. The number of aliphatic hydroxyl groups excluding tert-OH is 1. The highest BCUT2D eigenvalue weighted by Gasteiger charge is 2.48. The van der Waals surface area contributed by atoms with E-state index in [1.165, 1.54) is 9.87 Å². The van der Waals surface area contributed by atoms with E-state index in [9.17, 15) is 14.7 Å². The van der Waals surface area contributed by atoms with Gasteiger partial charge in [-0.1, -0.05) is 85.9 Å². The lowest BCUT2D eigenvalue weighted by atomic mass is 9.86. The van der Waals surface area contributed by atoms with E-state index in [0.29, 0.717) is 23.4 Å². The summed E-state index contributed by atoms with van der Waals surface area (Å²) in [6.07, 6.45) is 1.22. The fourth-order valence-electron chi connectivity index (χ4n) is 7.32. The van der Waals surface area contributed by atoms with Crippen LogP contribution in [0.25, 0.3) is 16.5 Å². The molecule has 0 saturated heterocycles. The number of aliphatic hydroxyl groups is 1. The molecule has 50 heavy (non-hydrogen) atoms. The van der Waals surface area contributed by atoms with E-state index in [1.807, 2.05) is 78.9 Å². The summed E-state index contributed by atoms with van der Waals surface area (Å²) in [4.78, 5) is 29.5. The van der Waals surface area contributed by atoms with Gasteiger partial charge in [-0.05, 0) is 42.0 Å². The van der Waals surface area contributed by atoms with Gasteiger partial charge < -0.3 is 24.2 Å². The average molecular weight is 692 g/mol. The van der Waals surface area contributed by atoms with Gasteiger partial charge in [-0.3, -0.25) is 9.59 Å². The second-order valence-electron chi connectivity index (χ2n) is 13.6. The number of fused-ring (bicyclic) bond motifs is 2. The van der Waals surface area contributed by atoms with Crippen molar-refractivity contribution in [2.45, 2.75) is 50.7 Å². The van der Waals surface area contributed by atoms with Gasteiger partial charge in [0.2, 0.25) is 5.91 Å². The van der Waals surface area contributed by atoms with Gasteiger partial charge in [-0.2, -0.15) is 9.78 Å². The van der Waals surface area contributed by atoms with Gasteiger partial charge in [-0.25, -0.2) is 0 Å². The predicted molar refractivity (Wildman–Crippen MR) is 198 cm³/mol. The van der Waals surface area contributed by atoms with Crippen molar-refractivity contribution in [1.29, 1.82) is 0 Å². The van der Waals surface area contributed by atoms with Gasteiger partial charge in [-0.15, -0.1) is 0 Å². The first-order valence-corrected chi connectivity index (χ1v) is 20.1. The lowest BCUT2D eigenvalue weighted by molar-refractivity contribution is -0.133. The average Bonchev–Trinajstić information content (AvgIpc) is 3.14. The molecule has 6 rings (SSSR count). The van der Waals surface area contributed by atoms with Crippen molar-refractivity contribution in [3.63, 3.8) is 0 Å². The van der Waals surface area contributed by atoms with Gasteiger partial charge in [0.25, 0.3) is 5.56 Å². The number of benzene rings is 4. The zero-order valence-electron chi connectivity index (χ0n) is 29.3. The molecule has 9 nitrogen and oxygen atoms in total. The van der Waals surface area contributed by atoms with Crippen molar-refractivity contribution in [1.82, 2.24) is 14.7 Å². The van der Waals surface area contributed by atoms with Gasteiger partial charge in [0.05, 0.1) is 45.2 Å². The Bertz CT molecular complexity index is 2000. The molecule has 0 fully saturated rings. The van der Waals surface area contributed by atoms with Gasteiger partial charge in [0, 0.05) is 49.0 Å². The second-order valence-corrected chi connectivity index (χ2v) is 18.3. The highest BCUT2D eigenvalue weighted by atomic mass is 28.3. The largest absolute Gasteiger partial charge is 0.497 e. The number of ether oxygens (including phenoxy) is 3. The number of carbonyl (C=O) groups excluding carboxylic acids is 1. The first-order chi connectivity index (χ1) is 24.2. The smallest absolute Gasteiger partial charge is 0.279 e. The number of hydrogen-bond donors (Lipinski definition) is 1. The Hall–Kier alpha value is -4.77. The third-order valence-corrected chi connectivity index (χ3v) is 14.5. The summed E-state index contributed by atoms with van der Waals surface area (Å²) in [5.74, 6) is 1.25. The Kier molecular flexibility index (Phi) is 10.5. The van der Waals surface area contributed by atoms with Crippen LogP contribution in [0.4, 0.5) is 0 Å². The van der Waals surface area contributed by atoms with Crippen LogP contribution in [0.2, 0.25) is 18.6 Å². The van der Waals surface area contributed by atoms with Crippen molar-refractivity contribution < 1.29 is 24.1 Å². The molecule has 1 aliphatic rings. The normalized spacial score (nSPS) is 17.8. The minimum absolute atomic E-state index is 0.0327. The Morgan fingerprint density at radius 3 is 2.42 bits per heavy atom. The van der Waals surface area contributed by atoms with E-state index >= 15 is 0 Å². The van der Waals surface area contributed by atoms with Gasteiger partial charge in [0.15, 0.2) is 0 Å². The predicted octanol–water partition coefficient (Wildman–Crippen LogP) is 5.88. The summed E-state index contributed by atoms with van der Waals surface area (Å²) in [5, 5.41) is 17.0. The second kappa shape index (κ2) is 15.0. The first kappa shape index (κ1) is 35.1. The maximum Gasteiger partial charge on any atom is 0.279 e. The molecule has 1 amide bonds. The Morgan fingerprint density at radius 1 is 1.00 bits per heavy atom. The molecule has 1 N–H and O–H groups in total. The molecule has 4 atom stereocenters. The van der Waals surface area contributed by atoms with Crippen molar-refractivity contribution in [2.24, 2.45) is 5.92 Å². The molecule has 1 aliphatic heterocycles. The molecule has 10 heteroatoms. The monoisotopic (exact) mass is 691 g/mol. The van der Waals surface area contributed by atoms with Crippen LogP contribution < -0.4 is 20.2 Å². The minimum atomic E-state index is -2.46. The summed E-state index contributed by atoms with van der Waals surface area (Å²) in [6.45, 7) is 7.20. The van der Waals surface area contributed by atoms with Crippen LogP contribution >= 0.6 is 0 Å². The molecule has 260 valence electrons. The standard InChI is InChI=1S/C40H45N3O6Si/c1-27-38(48-3)34-23-30(43-40(46)33-14-10-9-13-29(33)25-41-43)15-20-35(34)49-39(27)36(50(4,5)32-18-16-31(47-2)17-19-32)24-37(45)42(21-22-44)26-28-11-7-6-8-12-28/h6-20,23,25,27,36,38-39,44H,21-22,24,26H2,1-5H3/t27-,36?,38-,39-/m1/s1. The number of rotatable bonds is 12. The lowest BCUT2D eigenvalue weighted by Gasteiger charge is -2.46. The number of nitrogens with zero attached hydrogens (tertiary/aromatic N) is 3. The van der Waals surface area contributed by atoms with Crippen LogP contribution in [0, 0.1) is 5.92 Å². The summed E-state index contributed by atoms with van der Waals surface area (Å²) in [7, 11) is 0.882. The molecule has 1 aromatic heterocycles. The van der Waals surface area contributed by atoms with E-state index in [0.717, 1.165) is 22.3 Å². The van der Waals surface area contributed by atoms with Crippen LogP contribution in [0.15, 0.2) is 108 Å². The zero-order valence-corrected chi connectivity index (χ0v) is 30.3. The lowest BCUT2D eigenvalue weighted by Crippen LogP contribution is -2.55. The maximum atomic E-state index is 14.3. The summed E-state index contributed by atoms with van der Waals surface area (Å²) in [5.41, 5.74) is 2.09. The number of methoxy groups -OCH3 is 2. The summed E-state index contributed by atoms with van der Waals surface area (Å²) >= 11 is 0. The Balaban J connectivity index is 1.38. The molecular weight excluding hydrogens is 647 g/mol. The topological polar surface area (TPSA) is 103 Å². The van der Waals surface area contributed by atoms with Gasteiger partial charge >= 0.3 is 0 Å². The number of hydrogen-bond acceptors (Lipinski definition) is 7. The Labute approximate surface area is 294 Å². The number of amides is 1. The van der Waals surface area contributed by atoms with E-state index < -0.39 is 8.07 Å². The maximum absolute atomic E-state index is 14.3. The van der Waals surface area contributed by atoms with Crippen molar-refractivity contribution in [2.75, 3.05) is 27.4 Å². The molecule has 0 radical (unpaired) electrons. The molecule has 0 bridgehead atoms. The van der Waals surface area contributed by atoms with E-state index in [-0.39, 0.29) is 54.7 Å². The molecule has 0 aliphatic carbocycles. The third-order valence-electron chi connectivity index (χ3n) is 10.2. The fraction of sp³-hybridized carbons (Fsp3) is 0.325. The first-order valence-electron chi connectivity index (χ1n) is 17.0. The molecule has 4 aromatic carbocycles. The van der Waals surface area contributed by atoms with Crippen molar-refractivity contribution >= 4 is 29.9 Å². The molecule has 1 unspecified atom stereocenters. The summed E-state index contributed by atoms with van der Waals surface area (Å²) < 4.78 is 20.0. The third kappa shape index (κ3) is 6.96. The Morgan fingerprint density at radius 2 is 1.72 bits per heavy atom. The van der Waals surface area contributed by atoms with E-state index in [4.69, 9.17) is 14.2 Å². The summed E-state index contributed by atoms with van der Waals surface area (Å²) in [6, 6.07) is 31.1. The minimum Gasteiger partial charge on any atom is -0.497 e. The van der Waals surface area contributed by atoms with Crippen LogP contribution in [-0.4, -0.2) is 67.2 Å². The quantitative estimate of drug-likeness (QED) is 0.163. The van der Waals surface area contributed by atoms with Crippen LogP contribution in [0.1, 0.15) is 30.6 Å². The van der Waals surface area contributed by atoms with Crippen LogP contribution in [-0.2, 0) is 16.1 Å². The molecule has 0 spiro atoms. The van der Waals surface area contributed by atoms with E-state index in [2.05, 4.69) is 37.2 Å². The molecular formula is C40H45N3O6Si. The van der Waals surface area contributed by atoms with Crippen molar-refractivity contribution in [3.8, 4) is 17.2 Å². The number of carbonyl (C=O) groups is 1. The van der Waals surface area contributed by atoms with Crippen LogP contribution in [0.3, 0.4) is 0 Å². The molecule has 0 saturated carbocycles. The molecule has 5 aromatic rings. The van der Waals surface area contributed by atoms with E-state index in [1.54, 1.807) is 31.4 Å². The van der Waals surface area contributed by atoms with Crippen LogP contribution in [0.5, 0.6) is 11.5 Å². The van der Waals surface area contributed by atoms with Gasteiger partial charge in [0.1, 0.15) is 17.6 Å². The number of aromatic nitrogens is 2. The zero-order chi connectivity index (χ0) is 35.4. The SMILES string of the molecule is COc1ccc([Si](C)(C)C(CC(=O)N(CCO)Cc2ccccc2)[C@@H]2Oc3ccc(-n4ncc5ccccc5c4=O)cc3[C@H](OC)[C@H]2C)cc1. The highest BCUT2D eigenvalue weighted by molar-refractivity contribution is 6.91. The van der Waals surface area contributed by atoms with Crippen molar-refractivity contribution in [3.05, 3.63) is 125 Å². The fourth-order valence-corrected chi connectivity index (χ4v) is 10.7. The molecule has 2 heterocycles.